The molecule has 2 heterocycles. The number of aryl methyl sites for hydroxylation is 1. The van der Waals surface area contributed by atoms with Gasteiger partial charge in [0.15, 0.2) is 0 Å². The number of hydrogen-bond donors (Lipinski definition) is 1. The molecule has 1 amide bonds. The molecule has 1 aliphatic carbocycles. The van der Waals surface area contributed by atoms with Crippen LogP contribution in [-0.2, 0) is 9.53 Å². The van der Waals surface area contributed by atoms with Gasteiger partial charge in [-0.1, -0.05) is 12.1 Å². The van der Waals surface area contributed by atoms with E-state index in [2.05, 4.69) is 46.3 Å². The third-order valence-corrected chi connectivity index (χ3v) is 5.72. The monoisotopic (exact) mass is 329 g/mol. The SMILES string of the molecule is Cc1cccc(N2CCN(CC(=O)N[C@@H]3C[C@H]4OCC[C@@H]34)CC2)c1. The van der Waals surface area contributed by atoms with E-state index in [1.54, 1.807) is 0 Å². The standard InChI is InChI=1S/C19H27N3O2/c1-14-3-2-4-15(11-14)22-8-6-21(7-9-22)13-19(23)20-17-12-18-16(17)5-10-24-18/h2-4,11,16-18H,5-10,12-13H2,1H3,(H,20,23)/t16-,17+,18+/m0/s1. The van der Waals surface area contributed by atoms with E-state index in [4.69, 9.17) is 4.74 Å². The summed E-state index contributed by atoms with van der Waals surface area (Å²) in [6.45, 7) is 7.38. The van der Waals surface area contributed by atoms with Crippen LogP contribution in [0.3, 0.4) is 0 Å². The second-order valence-electron chi connectivity index (χ2n) is 7.37. The molecule has 24 heavy (non-hydrogen) atoms. The van der Waals surface area contributed by atoms with Gasteiger partial charge in [-0.25, -0.2) is 0 Å². The number of fused-ring (bicyclic) bond motifs is 1. The van der Waals surface area contributed by atoms with Crippen molar-refractivity contribution in [1.82, 2.24) is 10.2 Å². The molecule has 3 fully saturated rings. The number of amides is 1. The van der Waals surface area contributed by atoms with E-state index in [-0.39, 0.29) is 5.91 Å². The van der Waals surface area contributed by atoms with Crippen LogP contribution in [-0.4, -0.2) is 62.3 Å². The molecule has 0 unspecified atom stereocenters. The molecule has 0 bridgehead atoms. The van der Waals surface area contributed by atoms with E-state index in [0.717, 1.165) is 45.6 Å². The topological polar surface area (TPSA) is 44.8 Å². The molecule has 1 N–H and O–H groups in total. The zero-order valence-electron chi connectivity index (χ0n) is 14.4. The summed E-state index contributed by atoms with van der Waals surface area (Å²) >= 11 is 0. The first-order valence-corrected chi connectivity index (χ1v) is 9.14. The van der Waals surface area contributed by atoms with E-state index < -0.39 is 0 Å². The molecule has 1 aromatic rings. The van der Waals surface area contributed by atoms with Crippen LogP contribution in [0.5, 0.6) is 0 Å². The summed E-state index contributed by atoms with van der Waals surface area (Å²) < 4.78 is 5.61. The minimum absolute atomic E-state index is 0.175. The Morgan fingerprint density at radius 3 is 2.88 bits per heavy atom. The van der Waals surface area contributed by atoms with Crippen molar-refractivity contribution >= 4 is 11.6 Å². The molecule has 5 heteroatoms. The van der Waals surface area contributed by atoms with E-state index in [1.165, 1.54) is 11.3 Å². The minimum atomic E-state index is 0.175. The highest BCUT2D eigenvalue weighted by Crippen LogP contribution is 2.38. The molecule has 130 valence electrons. The van der Waals surface area contributed by atoms with Crippen LogP contribution in [0.1, 0.15) is 18.4 Å². The quantitative estimate of drug-likeness (QED) is 0.907. The predicted molar refractivity (Wildman–Crippen MR) is 94.2 cm³/mol. The summed E-state index contributed by atoms with van der Waals surface area (Å²) in [5.74, 6) is 0.737. The van der Waals surface area contributed by atoms with Gasteiger partial charge in [-0.15, -0.1) is 0 Å². The van der Waals surface area contributed by atoms with Gasteiger partial charge in [0, 0.05) is 50.4 Å². The van der Waals surface area contributed by atoms with Crippen LogP contribution < -0.4 is 10.2 Å². The Kier molecular flexibility index (Phi) is 4.46. The third-order valence-electron chi connectivity index (χ3n) is 5.72. The highest BCUT2D eigenvalue weighted by molar-refractivity contribution is 5.78. The Morgan fingerprint density at radius 1 is 1.29 bits per heavy atom. The van der Waals surface area contributed by atoms with Gasteiger partial charge in [-0.2, -0.15) is 0 Å². The minimum Gasteiger partial charge on any atom is -0.378 e. The van der Waals surface area contributed by atoms with E-state index >= 15 is 0 Å². The van der Waals surface area contributed by atoms with Crippen LogP contribution in [0.4, 0.5) is 5.69 Å². The van der Waals surface area contributed by atoms with Crippen LogP contribution in [0, 0.1) is 12.8 Å². The normalized spacial score (nSPS) is 29.9. The molecule has 5 nitrogen and oxygen atoms in total. The fourth-order valence-corrected chi connectivity index (χ4v) is 4.21. The zero-order valence-corrected chi connectivity index (χ0v) is 14.4. The van der Waals surface area contributed by atoms with Gasteiger partial charge in [-0.3, -0.25) is 9.69 Å². The lowest BCUT2D eigenvalue weighted by atomic mass is 9.76. The maximum absolute atomic E-state index is 12.3. The first-order chi connectivity index (χ1) is 11.7. The maximum atomic E-state index is 12.3. The molecular formula is C19H27N3O2. The summed E-state index contributed by atoms with van der Waals surface area (Å²) in [5.41, 5.74) is 2.59. The Hall–Kier alpha value is -1.59. The molecule has 2 aliphatic heterocycles. The highest BCUT2D eigenvalue weighted by Gasteiger charge is 2.45. The van der Waals surface area contributed by atoms with Crippen molar-refractivity contribution in [3.8, 4) is 0 Å². The molecule has 0 aromatic heterocycles. The Morgan fingerprint density at radius 2 is 2.12 bits per heavy atom. The van der Waals surface area contributed by atoms with Gasteiger partial charge < -0.3 is 15.0 Å². The van der Waals surface area contributed by atoms with Gasteiger partial charge in [0.05, 0.1) is 12.6 Å². The molecule has 4 rings (SSSR count). The number of anilines is 1. The first kappa shape index (κ1) is 15.9. The van der Waals surface area contributed by atoms with Gasteiger partial charge in [0.25, 0.3) is 0 Å². The third kappa shape index (κ3) is 3.28. The number of benzene rings is 1. The smallest absolute Gasteiger partial charge is 0.234 e. The average molecular weight is 329 g/mol. The molecule has 0 spiro atoms. The van der Waals surface area contributed by atoms with E-state index in [1.807, 2.05) is 0 Å². The summed E-state index contributed by atoms with van der Waals surface area (Å²) in [6, 6.07) is 9.00. The summed E-state index contributed by atoms with van der Waals surface area (Å²) in [6.07, 6.45) is 2.51. The molecule has 1 aromatic carbocycles. The van der Waals surface area contributed by atoms with Gasteiger partial charge in [0.2, 0.25) is 5.91 Å². The van der Waals surface area contributed by atoms with Crippen molar-refractivity contribution in [2.24, 2.45) is 5.92 Å². The number of carbonyl (C=O) groups is 1. The lowest BCUT2D eigenvalue weighted by Gasteiger charge is -2.40. The number of carbonyl (C=O) groups excluding carboxylic acids is 1. The highest BCUT2D eigenvalue weighted by atomic mass is 16.5. The fraction of sp³-hybridized carbons (Fsp3) is 0.632. The fourth-order valence-electron chi connectivity index (χ4n) is 4.21. The second kappa shape index (κ2) is 6.73. The summed E-state index contributed by atoms with van der Waals surface area (Å²) in [4.78, 5) is 17.0. The molecule has 3 atom stereocenters. The van der Waals surface area contributed by atoms with Crippen molar-refractivity contribution in [3.05, 3.63) is 29.8 Å². The van der Waals surface area contributed by atoms with Crippen molar-refractivity contribution in [1.29, 1.82) is 0 Å². The Balaban J connectivity index is 1.22. The number of rotatable bonds is 4. The predicted octanol–water partition coefficient (Wildman–Crippen LogP) is 1.41. The van der Waals surface area contributed by atoms with Gasteiger partial charge in [0.1, 0.15) is 0 Å². The van der Waals surface area contributed by atoms with Crippen molar-refractivity contribution in [2.75, 3.05) is 44.2 Å². The zero-order chi connectivity index (χ0) is 16.5. The van der Waals surface area contributed by atoms with Crippen molar-refractivity contribution in [2.45, 2.75) is 31.9 Å². The Labute approximate surface area is 144 Å². The second-order valence-corrected chi connectivity index (χ2v) is 7.37. The number of nitrogens with one attached hydrogen (secondary N) is 1. The molecule has 3 aliphatic rings. The van der Waals surface area contributed by atoms with Crippen LogP contribution in [0.25, 0.3) is 0 Å². The van der Waals surface area contributed by atoms with E-state index in [0.29, 0.717) is 24.6 Å². The number of piperazine rings is 1. The number of hydrogen-bond acceptors (Lipinski definition) is 4. The molecule has 0 radical (unpaired) electrons. The molecular weight excluding hydrogens is 302 g/mol. The summed E-state index contributed by atoms with van der Waals surface area (Å²) in [7, 11) is 0. The largest absolute Gasteiger partial charge is 0.378 e. The van der Waals surface area contributed by atoms with Gasteiger partial charge >= 0.3 is 0 Å². The van der Waals surface area contributed by atoms with Gasteiger partial charge in [-0.05, 0) is 37.5 Å². The lowest BCUT2D eigenvalue weighted by Crippen LogP contribution is -2.56. The summed E-state index contributed by atoms with van der Waals surface area (Å²) in [5, 5.41) is 3.21. The number of ether oxygens (including phenoxy) is 1. The lowest BCUT2D eigenvalue weighted by molar-refractivity contribution is -0.125. The Bertz CT molecular complexity index is 598. The molecule has 1 saturated carbocycles. The molecule has 2 saturated heterocycles. The van der Waals surface area contributed by atoms with Crippen LogP contribution in [0.2, 0.25) is 0 Å². The first-order valence-electron chi connectivity index (χ1n) is 9.14. The van der Waals surface area contributed by atoms with Crippen LogP contribution >= 0.6 is 0 Å². The number of nitrogens with zero attached hydrogens (tertiary/aromatic N) is 2. The van der Waals surface area contributed by atoms with Crippen LogP contribution in [0.15, 0.2) is 24.3 Å². The maximum Gasteiger partial charge on any atom is 0.234 e. The van der Waals surface area contributed by atoms with E-state index in [9.17, 15) is 4.79 Å². The van der Waals surface area contributed by atoms with Crippen molar-refractivity contribution in [3.63, 3.8) is 0 Å². The van der Waals surface area contributed by atoms with Crippen molar-refractivity contribution < 1.29 is 9.53 Å². The average Bonchev–Trinajstić information content (AvgIpc) is 2.94.